The molecule has 6 rings (SSSR count). The summed E-state index contributed by atoms with van der Waals surface area (Å²) in [6, 6.07) is 15.7. The number of H-pyrrole nitrogens is 1. The lowest BCUT2D eigenvalue weighted by molar-refractivity contribution is 0.212. The Hall–Kier alpha value is -3.52. The standard InChI is InChI=1S/C25H25FN6O/c1-15-4-3-5-20(26)25(15)32-22(33)12-21-24(29-32)23(28-27-21)16-6-8-17(9-7-16)31-13-18-10-11-19(14-31)30(18)2/h3-9,12,18-19,27H,10-11,13-14H2,1-2H3. The highest BCUT2D eigenvalue weighted by molar-refractivity contribution is 5.89. The van der Waals surface area contributed by atoms with Gasteiger partial charge in [-0.1, -0.05) is 24.3 Å². The Morgan fingerprint density at radius 2 is 1.79 bits per heavy atom. The van der Waals surface area contributed by atoms with Gasteiger partial charge in [0.2, 0.25) is 0 Å². The third-order valence-electron chi connectivity index (χ3n) is 7.20. The van der Waals surface area contributed by atoms with Gasteiger partial charge in [-0.15, -0.1) is 0 Å². The largest absolute Gasteiger partial charge is 0.368 e. The summed E-state index contributed by atoms with van der Waals surface area (Å²) in [4.78, 5) is 17.6. The summed E-state index contributed by atoms with van der Waals surface area (Å²) in [7, 11) is 2.24. The molecule has 2 fully saturated rings. The zero-order valence-electron chi connectivity index (χ0n) is 18.6. The van der Waals surface area contributed by atoms with E-state index in [9.17, 15) is 9.18 Å². The highest BCUT2D eigenvalue weighted by atomic mass is 19.1. The first-order chi connectivity index (χ1) is 16.0. The van der Waals surface area contributed by atoms with Crippen molar-refractivity contribution in [3.8, 4) is 16.9 Å². The monoisotopic (exact) mass is 444 g/mol. The van der Waals surface area contributed by atoms with Crippen LogP contribution in [0.15, 0.2) is 53.3 Å². The van der Waals surface area contributed by atoms with E-state index in [1.54, 1.807) is 19.1 Å². The quantitative estimate of drug-likeness (QED) is 0.524. The fourth-order valence-corrected chi connectivity index (χ4v) is 5.29. The van der Waals surface area contributed by atoms with Crippen LogP contribution in [0.2, 0.25) is 0 Å². The van der Waals surface area contributed by atoms with Gasteiger partial charge in [-0.3, -0.25) is 14.8 Å². The Morgan fingerprint density at radius 1 is 1.06 bits per heavy atom. The van der Waals surface area contributed by atoms with Crippen molar-refractivity contribution in [1.82, 2.24) is 24.9 Å². The first-order valence-corrected chi connectivity index (χ1v) is 11.3. The summed E-state index contributed by atoms with van der Waals surface area (Å²) in [5.74, 6) is -0.487. The highest BCUT2D eigenvalue weighted by Gasteiger charge is 2.37. The molecule has 0 radical (unpaired) electrons. The number of rotatable bonds is 3. The number of nitrogens with one attached hydrogen (secondary N) is 1. The molecule has 8 heteroatoms. The minimum Gasteiger partial charge on any atom is -0.368 e. The van der Waals surface area contributed by atoms with E-state index in [1.807, 2.05) is 12.1 Å². The molecule has 2 aliphatic heterocycles. The van der Waals surface area contributed by atoms with Crippen LogP contribution in [0.4, 0.5) is 10.1 Å². The summed E-state index contributed by atoms with van der Waals surface area (Å²) in [5, 5.41) is 11.8. The molecular formula is C25H25FN6O. The van der Waals surface area contributed by atoms with Gasteiger partial charge < -0.3 is 4.90 Å². The molecule has 4 heterocycles. The van der Waals surface area contributed by atoms with Crippen molar-refractivity contribution >= 4 is 16.7 Å². The molecule has 2 aromatic heterocycles. The van der Waals surface area contributed by atoms with Gasteiger partial charge in [0.05, 0.1) is 5.52 Å². The topological polar surface area (TPSA) is 70.1 Å². The molecule has 33 heavy (non-hydrogen) atoms. The number of halogens is 1. The lowest BCUT2D eigenvalue weighted by Crippen LogP contribution is -2.51. The van der Waals surface area contributed by atoms with Crippen molar-refractivity contribution in [3.63, 3.8) is 0 Å². The Balaban J connectivity index is 1.37. The van der Waals surface area contributed by atoms with Crippen LogP contribution < -0.4 is 10.5 Å². The minimum atomic E-state index is -0.487. The molecule has 1 N–H and O–H groups in total. The minimum absolute atomic E-state index is 0.164. The van der Waals surface area contributed by atoms with Crippen LogP contribution in [0, 0.1) is 12.7 Å². The van der Waals surface area contributed by atoms with E-state index in [0.717, 1.165) is 23.3 Å². The van der Waals surface area contributed by atoms with Gasteiger partial charge in [0, 0.05) is 42.5 Å². The number of hydrogen-bond acceptors (Lipinski definition) is 5. The van der Waals surface area contributed by atoms with Crippen molar-refractivity contribution in [2.75, 3.05) is 25.0 Å². The fourth-order valence-electron chi connectivity index (χ4n) is 5.29. The van der Waals surface area contributed by atoms with Crippen molar-refractivity contribution in [2.45, 2.75) is 31.8 Å². The number of aromatic nitrogens is 4. The van der Waals surface area contributed by atoms with Crippen LogP contribution >= 0.6 is 0 Å². The number of likely N-dealkylation sites (N-methyl/N-ethyl adjacent to an activating group) is 1. The average Bonchev–Trinajstić information content (AvgIpc) is 3.28. The molecule has 2 saturated heterocycles. The summed E-state index contributed by atoms with van der Waals surface area (Å²) in [6.07, 6.45) is 2.54. The van der Waals surface area contributed by atoms with Crippen molar-refractivity contribution in [2.24, 2.45) is 0 Å². The molecule has 0 aliphatic carbocycles. The normalized spacial score (nSPS) is 20.6. The van der Waals surface area contributed by atoms with Crippen LogP contribution in [0.5, 0.6) is 0 Å². The molecule has 7 nitrogen and oxygen atoms in total. The van der Waals surface area contributed by atoms with E-state index in [0.29, 0.717) is 34.4 Å². The SMILES string of the molecule is Cc1cccc(F)c1-n1nc2c(-c3ccc(N4CC5CCC(C4)N5C)cc3)n[nH]c2cc1=O. The van der Waals surface area contributed by atoms with Gasteiger partial charge in [-0.25, -0.2) is 4.39 Å². The lowest BCUT2D eigenvalue weighted by Gasteiger charge is -2.40. The van der Waals surface area contributed by atoms with Gasteiger partial charge in [0.1, 0.15) is 22.7 Å². The van der Waals surface area contributed by atoms with Crippen LogP contribution in [-0.4, -0.2) is 57.1 Å². The smallest absolute Gasteiger partial charge is 0.273 e. The molecule has 2 aromatic carbocycles. The summed E-state index contributed by atoms with van der Waals surface area (Å²) in [5.41, 5.74) is 4.18. The van der Waals surface area contributed by atoms with Gasteiger partial charge in [-0.05, 0) is 50.6 Å². The fraction of sp³-hybridized carbons (Fsp3) is 0.320. The van der Waals surface area contributed by atoms with E-state index in [-0.39, 0.29) is 5.69 Å². The van der Waals surface area contributed by atoms with Gasteiger partial charge in [-0.2, -0.15) is 14.9 Å². The van der Waals surface area contributed by atoms with Gasteiger partial charge >= 0.3 is 0 Å². The number of fused-ring (bicyclic) bond motifs is 3. The molecule has 2 aliphatic rings. The van der Waals surface area contributed by atoms with Gasteiger partial charge in [0.15, 0.2) is 0 Å². The number of para-hydroxylation sites is 1. The number of aromatic amines is 1. The third-order valence-corrected chi connectivity index (χ3v) is 7.20. The maximum absolute atomic E-state index is 14.5. The second-order valence-electron chi connectivity index (χ2n) is 9.14. The average molecular weight is 445 g/mol. The Morgan fingerprint density at radius 3 is 2.48 bits per heavy atom. The van der Waals surface area contributed by atoms with Crippen LogP contribution in [0.25, 0.3) is 28.0 Å². The Bertz CT molecular complexity index is 1370. The molecule has 2 bridgehead atoms. The summed E-state index contributed by atoms with van der Waals surface area (Å²) < 4.78 is 15.7. The zero-order chi connectivity index (χ0) is 22.7. The molecule has 168 valence electrons. The molecule has 0 amide bonds. The first kappa shape index (κ1) is 20.1. The molecule has 0 saturated carbocycles. The van der Waals surface area contributed by atoms with Crippen LogP contribution in [0.1, 0.15) is 18.4 Å². The highest BCUT2D eigenvalue weighted by Crippen LogP contribution is 2.32. The van der Waals surface area contributed by atoms with E-state index in [4.69, 9.17) is 0 Å². The second-order valence-corrected chi connectivity index (χ2v) is 9.14. The molecule has 2 atom stereocenters. The zero-order valence-corrected chi connectivity index (χ0v) is 18.6. The Kier molecular flexibility index (Phi) is 4.58. The maximum Gasteiger partial charge on any atom is 0.273 e. The predicted molar refractivity (Wildman–Crippen MR) is 126 cm³/mol. The molecule has 4 aromatic rings. The van der Waals surface area contributed by atoms with E-state index >= 15 is 0 Å². The first-order valence-electron chi connectivity index (χ1n) is 11.3. The van der Waals surface area contributed by atoms with Crippen LogP contribution in [-0.2, 0) is 0 Å². The number of nitrogens with zero attached hydrogens (tertiary/aromatic N) is 5. The van der Waals surface area contributed by atoms with Gasteiger partial charge in [0.25, 0.3) is 5.56 Å². The number of hydrogen-bond donors (Lipinski definition) is 1. The van der Waals surface area contributed by atoms with Crippen molar-refractivity contribution in [1.29, 1.82) is 0 Å². The number of benzene rings is 2. The van der Waals surface area contributed by atoms with Crippen molar-refractivity contribution in [3.05, 3.63) is 70.3 Å². The number of anilines is 1. The molecular weight excluding hydrogens is 419 g/mol. The number of aryl methyl sites for hydroxylation is 1. The number of piperazine rings is 1. The van der Waals surface area contributed by atoms with E-state index in [2.05, 4.69) is 44.3 Å². The molecule has 2 unspecified atom stereocenters. The molecule has 0 spiro atoms. The summed E-state index contributed by atoms with van der Waals surface area (Å²) in [6.45, 7) is 3.86. The maximum atomic E-state index is 14.5. The third kappa shape index (κ3) is 3.24. The van der Waals surface area contributed by atoms with E-state index in [1.165, 1.54) is 30.7 Å². The van der Waals surface area contributed by atoms with E-state index < -0.39 is 11.4 Å². The lowest BCUT2D eigenvalue weighted by atomic mass is 10.1. The second kappa shape index (κ2) is 7.52. The van der Waals surface area contributed by atoms with Crippen molar-refractivity contribution < 1.29 is 4.39 Å². The predicted octanol–water partition coefficient (Wildman–Crippen LogP) is 3.51. The van der Waals surface area contributed by atoms with Crippen LogP contribution in [0.3, 0.4) is 0 Å². The summed E-state index contributed by atoms with van der Waals surface area (Å²) >= 11 is 0. The Labute approximate surface area is 190 Å².